The van der Waals surface area contributed by atoms with Gasteiger partial charge in [-0.1, -0.05) is 39.8 Å². The third kappa shape index (κ3) is 2.30. The number of ether oxygens (including phenoxy) is 1. The van der Waals surface area contributed by atoms with Crippen LogP contribution < -0.4 is 0 Å². The molecule has 150 valence electrons. The van der Waals surface area contributed by atoms with E-state index >= 15 is 0 Å². The van der Waals surface area contributed by atoms with Gasteiger partial charge in [0.15, 0.2) is 17.5 Å². The van der Waals surface area contributed by atoms with Gasteiger partial charge in [0.1, 0.15) is 6.10 Å². The molecule has 2 bridgehead atoms. The molecule has 27 heavy (non-hydrogen) atoms. The number of ketones is 1. The molecule has 3 aliphatic carbocycles. The van der Waals surface area contributed by atoms with Crippen LogP contribution in [0.3, 0.4) is 0 Å². The van der Waals surface area contributed by atoms with Gasteiger partial charge in [-0.25, -0.2) is 0 Å². The first kappa shape index (κ1) is 20.2. The molecule has 7 atom stereocenters. The summed E-state index contributed by atoms with van der Waals surface area (Å²) in [6.45, 7) is 9.45. The van der Waals surface area contributed by atoms with Crippen molar-refractivity contribution < 1.29 is 29.6 Å². The van der Waals surface area contributed by atoms with E-state index in [1.54, 1.807) is 19.1 Å². The second-order valence-electron chi connectivity index (χ2n) is 9.20. The van der Waals surface area contributed by atoms with Crippen molar-refractivity contribution in [2.24, 2.45) is 28.6 Å². The molecule has 6 nitrogen and oxygen atoms in total. The number of allylic oxidation sites excluding steroid dienone is 1. The Kier molecular flexibility index (Phi) is 4.69. The Labute approximate surface area is 159 Å². The number of hydrogen-bond acceptors (Lipinski definition) is 6. The first-order valence-corrected chi connectivity index (χ1v) is 9.54. The minimum Gasteiger partial charge on any atom is -0.457 e. The van der Waals surface area contributed by atoms with Gasteiger partial charge in [0.2, 0.25) is 0 Å². The molecule has 0 radical (unpaired) electrons. The number of fused-ring (bicyclic) bond motifs is 1. The lowest BCUT2D eigenvalue weighted by atomic mass is 9.59. The number of carbonyl (C=O) groups excluding carboxylic acids is 2. The Morgan fingerprint density at radius 3 is 2.48 bits per heavy atom. The van der Waals surface area contributed by atoms with Crippen LogP contribution in [0.5, 0.6) is 0 Å². The molecule has 0 aromatic heterocycles. The van der Waals surface area contributed by atoms with E-state index < -0.39 is 41.2 Å². The molecule has 3 N–H and O–H groups in total. The van der Waals surface area contributed by atoms with E-state index in [0.29, 0.717) is 12.0 Å². The molecule has 0 aromatic rings. The van der Waals surface area contributed by atoms with Crippen molar-refractivity contribution in [2.45, 2.75) is 58.8 Å². The first-order valence-electron chi connectivity index (χ1n) is 9.54. The lowest BCUT2D eigenvalue weighted by Gasteiger charge is -2.48. The normalized spacial score (nSPS) is 45.9. The molecule has 1 spiro atoms. The fourth-order valence-corrected chi connectivity index (χ4v) is 5.74. The molecule has 6 heteroatoms. The SMILES string of the molecule is CC1=C[C@]23C(=O)[C@@H](C=C(CO)[C@@H](O)[C@]2(O)[C@H]1OC=O)C(C)(C)[C@H](C)C[C@H]3C. The van der Waals surface area contributed by atoms with Gasteiger partial charge in [0, 0.05) is 5.92 Å². The largest absolute Gasteiger partial charge is 0.457 e. The van der Waals surface area contributed by atoms with E-state index in [2.05, 4.69) is 6.92 Å². The topological polar surface area (TPSA) is 104 Å². The Hall–Kier alpha value is -1.50. The van der Waals surface area contributed by atoms with Gasteiger partial charge in [-0.3, -0.25) is 9.59 Å². The molecule has 0 aromatic carbocycles. The molecule has 1 fully saturated rings. The van der Waals surface area contributed by atoms with Crippen LogP contribution in [0.1, 0.15) is 41.0 Å². The summed E-state index contributed by atoms with van der Waals surface area (Å²) >= 11 is 0. The maximum absolute atomic E-state index is 13.9. The van der Waals surface area contributed by atoms with Crippen molar-refractivity contribution in [3.63, 3.8) is 0 Å². The second-order valence-corrected chi connectivity index (χ2v) is 9.20. The molecule has 0 aliphatic heterocycles. The zero-order valence-corrected chi connectivity index (χ0v) is 16.6. The summed E-state index contributed by atoms with van der Waals surface area (Å²) < 4.78 is 5.19. The Morgan fingerprint density at radius 2 is 1.93 bits per heavy atom. The molecular weight excluding hydrogens is 348 g/mol. The van der Waals surface area contributed by atoms with Crippen LogP contribution in [0.4, 0.5) is 0 Å². The highest BCUT2D eigenvalue weighted by Crippen LogP contribution is 2.62. The standard InChI is InChI=1S/C21H30O6/c1-11-8-20-13(3)6-12(2)19(4,5)15(17(20)25)7-14(9-22)16(24)21(20,26)18(11)27-10-23/h7-8,10,12-13,15-16,18,22,24,26H,6,9H2,1-5H3/t12-,13-,15-,16-,18+,20+,21+/m1/s1. The number of carbonyl (C=O) groups is 2. The maximum Gasteiger partial charge on any atom is 0.293 e. The van der Waals surface area contributed by atoms with Crippen molar-refractivity contribution in [1.82, 2.24) is 0 Å². The van der Waals surface area contributed by atoms with Gasteiger partial charge >= 0.3 is 0 Å². The highest BCUT2D eigenvalue weighted by atomic mass is 16.5. The lowest BCUT2D eigenvalue weighted by Crippen LogP contribution is -2.65. The van der Waals surface area contributed by atoms with Crippen LogP contribution in [0.25, 0.3) is 0 Å². The number of aliphatic hydroxyl groups excluding tert-OH is 2. The molecule has 3 rings (SSSR count). The number of Topliss-reactive ketones (excluding diaryl/α,β-unsaturated/α-hetero) is 1. The maximum atomic E-state index is 13.9. The summed E-state index contributed by atoms with van der Waals surface area (Å²) in [5.74, 6) is -0.894. The lowest BCUT2D eigenvalue weighted by molar-refractivity contribution is -0.197. The summed E-state index contributed by atoms with van der Waals surface area (Å²) in [6.07, 6.45) is 1.32. The predicted octanol–water partition coefficient (Wildman–Crippen LogP) is 1.39. The molecule has 0 heterocycles. The Morgan fingerprint density at radius 1 is 1.30 bits per heavy atom. The molecule has 3 aliphatic rings. The average molecular weight is 378 g/mol. The highest BCUT2D eigenvalue weighted by Gasteiger charge is 2.72. The summed E-state index contributed by atoms with van der Waals surface area (Å²) in [7, 11) is 0. The van der Waals surface area contributed by atoms with E-state index in [-0.39, 0.29) is 29.7 Å². The fourth-order valence-electron chi connectivity index (χ4n) is 5.74. The van der Waals surface area contributed by atoms with Crippen molar-refractivity contribution in [2.75, 3.05) is 6.61 Å². The molecule has 0 unspecified atom stereocenters. The van der Waals surface area contributed by atoms with Gasteiger partial charge < -0.3 is 20.1 Å². The third-order valence-electron chi connectivity index (χ3n) is 7.70. The number of rotatable bonds is 3. The predicted molar refractivity (Wildman–Crippen MR) is 98.5 cm³/mol. The Balaban J connectivity index is 2.37. The fraction of sp³-hybridized carbons (Fsp3) is 0.714. The van der Waals surface area contributed by atoms with Crippen molar-refractivity contribution >= 4 is 12.3 Å². The van der Waals surface area contributed by atoms with Gasteiger partial charge in [-0.05, 0) is 41.7 Å². The highest BCUT2D eigenvalue weighted by molar-refractivity contribution is 5.95. The van der Waals surface area contributed by atoms with Crippen molar-refractivity contribution in [1.29, 1.82) is 0 Å². The van der Waals surface area contributed by atoms with Crippen LogP contribution in [0.2, 0.25) is 0 Å². The van der Waals surface area contributed by atoms with E-state index in [4.69, 9.17) is 4.74 Å². The van der Waals surface area contributed by atoms with Gasteiger partial charge in [-0.2, -0.15) is 0 Å². The number of hydrogen-bond donors (Lipinski definition) is 3. The Bertz CT molecular complexity index is 722. The minimum absolute atomic E-state index is 0.163. The summed E-state index contributed by atoms with van der Waals surface area (Å²) in [5, 5.41) is 32.9. The molecule has 1 saturated carbocycles. The average Bonchev–Trinajstić information content (AvgIpc) is 2.77. The van der Waals surface area contributed by atoms with Gasteiger partial charge in [0.05, 0.1) is 12.0 Å². The van der Waals surface area contributed by atoms with Gasteiger partial charge in [-0.15, -0.1) is 0 Å². The van der Waals surface area contributed by atoms with Crippen molar-refractivity contribution in [3.05, 3.63) is 23.3 Å². The van der Waals surface area contributed by atoms with Gasteiger partial charge in [0.25, 0.3) is 6.47 Å². The zero-order chi connectivity index (χ0) is 20.4. The van der Waals surface area contributed by atoms with Crippen LogP contribution in [0, 0.1) is 28.6 Å². The zero-order valence-electron chi connectivity index (χ0n) is 16.6. The minimum atomic E-state index is -2.06. The van der Waals surface area contributed by atoms with E-state index in [1.807, 2.05) is 20.8 Å². The molecular formula is C21H30O6. The van der Waals surface area contributed by atoms with E-state index in [1.165, 1.54) is 0 Å². The molecule has 0 saturated heterocycles. The summed E-state index contributed by atoms with van der Waals surface area (Å²) in [4.78, 5) is 25.1. The van der Waals surface area contributed by atoms with E-state index in [0.717, 1.165) is 0 Å². The summed E-state index contributed by atoms with van der Waals surface area (Å²) in [5.41, 5.74) is -3.16. The second kappa shape index (κ2) is 6.26. The third-order valence-corrected chi connectivity index (χ3v) is 7.70. The number of aliphatic hydroxyl groups is 3. The monoisotopic (exact) mass is 378 g/mol. The first-order chi connectivity index (χ1) is 12.5. The van der Waals surface area contributed by atoms with Crippen LogP contribution >= 0.6 is 0 Å². The van der Waals surface area contributed by atoms with Crippen LogP contribution in [0.15, 0.2) is 23.3 Å². The van der Waals surface area contributed by atoms with Crippen LogP contribution in [-0.2, 0) is 14.3 Å². The summed E-state index contributed by atoms with van der Waals surface area (Å²) in [6, 6.07) is 0. The quantitative estimate of drug-likeness (QED) is 0.506. The smallest absolute Gasteiger partial charge is 0.293 e. The van der Waals surface area contributed by atoms with E-state index in [9.17, 15) is 24.9 Å². The molecule has 0 amide bonds. The van der Waals surface area contributed by atoms with Crippen LogP contribution in [-0.4, -0.2) is 52.0 Å². The van der Waals surface area contributed by atoms with Crippen molar-refractivity contribution in [3.8, 4) is 0 Å².